The Bertz CT molecular complexity index is 454. The quantitative estimate of drug-likeness (QED) is 0.783. The highest BCUT2D eigenvalue weighted by molar-refractivity contribution is 8.00. The molecule has 0 saturated heterocycles. The molecule has 0 bridgehead atoms. The molecule has 0 aliphatic carbocycles. The number of hydrogen-bond acceptors (Lipinski definition) is 4. The largest absolute Gasteiger partial charge is 0.313 e. The van der Waals surface area contributed by atoms with E-state index in [1.165, 1.54) is 5.56 Å². The number of benzene rings is 1. The van der Waals surface area contributed by atoms with Crippen molar-refractivity contribution in [1.29, 1.82) is 0 Å². The highest BCUT2D eigenvalue weighted by atomic mass is 32.2. The Morgan fingerprint density at radius 3 is 2.39 bits per heavy atom. The van der Waals surface area contributed by atoms with Crippen LogP contribution in [0.2, 0.25) is 0 Å². The minimum atomic E-state index is -2.85. The third-order valence-electron chi connectivity index (χ3n) is 2.92. The summed E-state index contributed by atoms with van der Waals surface area (Å²) in [6.45, 7) is 3.80. The number of rotatable bonds is 7. The molecule has 0 fully saturated rings. The fourth-order valence-corrected chi connectivity index (χ4v) is 3.65. The summed E-state index contributed by atoms with van der Waals surface area (Å²) in [6, 6.07) is 8.60. The second-order valence-electron chi connectivity index (χ2n) is 4.16. The topological polar surface area (TPSA) is 46.2 Å². The van der Waals surface area contributed by atoms with E-state index in [0.717, 1.165) is 4.90 Å². The maximum Gasteiger partial charge on any atom is 0.150 e. The van der Waals surface area contributed by atoms with E-state index in [2.05, 4.69) is 24.4 Å². The molecule has 0 aliphatic heterocycles. The molecule has 0 radical (unpaired) electrons. The van der Waals surface area contributed by atoms with Gasteiger partial charge in [0.25, 0.3) is 0 Å². The molecule has 1 aromatic rings. The molecule has 18 heavy (non-hydrogen) atoms. The Morgan fingerprint density at radius 1 is 1.28 bits per heavy atom. The third kappa shape index (κ3) is 5.00. The van der Waals surface area contributed by atoms with Crippen molar-refractivity contribution in [2.24, 2.45) is 0 Å². The van der Waals surface area contributed by atoms with E-state index in [0.29, 0.717) is 11.8 Å². The standard InChI is InChI=1S/C13H21NO2S2/c1-4-18(15,16)10-9-17-13-7-5-12(6-8-13)11(2)14-3/h5-8,11,14H,4,9-10H2,1-3H3. The molecule has 0 saturated carbocycles. The van der Waals surface area contributed by atoms with Gasteiger partial charge in [0.2, 0.25) is 0 Å². The minimum Gasteiger partial charge on any atom is -0.313 e. The number of hydrogen-bond donors (Lipinski definition) is 1. The summed E-state index contributed by atoms with van der Waals surface area (Å²) in [5.41, 5.74) is 1.24. The lowest BCUT2D eigenvalue weighted by Crippen LogP contribution is -2.12. The molecule has 0 aliphatic rings. The minimum absolute atomic E-state index is 0.228. The lowest BCUT2D eigenvalue weighted by molar-refractivity contribution is 0.599. The Balaban J connectivity index is 2.50. The van der Waals surface area contributed by atoms with Gasteiger partial charge in [-0.15, -0.1) is 11.8 Å². The van der Waals surface area contributed by atoms with Crippen molar-refractivity contribution in [3.8, 4) is 0 Å². The van der Waals surface area contributed by atoms with Crippen LogP contribution in [0.15, 0.2) is 29.2 Å². The first-order valence-corrected chi connectivity index (χ1v) is 8.89. The third-order valence-corrected chi connectivity index (χ3v) is 5.89. The normalized spacial score (nSPS) is 13.5. The highest BCUT2D eigenvalue weighted by Crippen LogP contribution is 2.21. The van der Waals surface area contributed by atoms with Gasteiger partial charge in [0.15, 0.2) is 9.84 Å². The Kier molecular flexibility index (Phi) is 6.18. The van der Waals surface area contributed by atoms with E-state index in [-0.39, 0.29) is 11.5 Å². The molecular weight excluding hydrogens is 266 g/mol. The Hall–Kier alpha value is -0.520. The molecule has 1 rings (SSSR count). The second kappa shape index (κ2) is 7.16. The van der Waals surface area contributed by atoms with Crippen LogP contribution < -0.4 is 5.32 Å². The zero-order chi connectivity index (χ0) is 13.6. The van der Waals surface area contributed by atoms with Crippen LogP contribution in [-0.4, -0.2) is 32.7 Å². The average molecular weight is 287 g/mol. The predicted molar refractivity (Wildman–Crippen MR) is 79.0 cm³/mol. The molecule has 0 aromatic heterocycles. The summed E-state index contributed by atoms with van der Waals surface area (Å²) in [7, 11) is -0.913. The van der Waals surface area contributed by atoms with Crippen molar-refractivity contribution in [2.75, 3.05) is 24.3 Å². The first kappa shape index (κ1) is 15.5. The van der Waals surface area contributed by atoms with Crippen LogP contribution in [-0.2, 0) is 9.84 Å². The Morgan fingerprint density at radius 2 is 1.89 bits per heavy atom. The molecule has 5 heteroatoms. The summed E-state index contributed by atoms with van der Waals surface area (Å²) in [6.07, 6.45) is 0. The first-order chi connectivity index (χ1) is 8.48. The lowest BCUT2D eigenvalue weighted by atomic mass is 10.1. The van der Waals surface area contributed by atoms with E-state index in [4.69, 9.17) is 0 Å². The van der Waals surface area contributed by atoms with E-state index >= 15 is 0 Å². The lowest BCUT2D eigenvalue weighted by Gasteiger charge is -2.10. The molecule has 0 spiro atoms. The summed E-state index contributed by atoms with van der Waals surface area (Å²) in [4.78, 5) is 1.12. The van der Waals surface area contributed by atoms with Crippen LogP contribution in [0.5, 0.6) is 0 Å². The number of thioether (sulfide) groups is 1. The second-order valence-corrected chi connectivity index (χ2v) is 7.81. The van der Waals surface area contributed by atoms with Crippen molar-refractivity contribution in [3.05, 3.63) is 29.8 Å². The fourth-order valence-electron chi connectivity index (χ4n) is 1.45. The maximum absolute atomic E-state index is 11.4. The van der Waals surface area contributed by atoms with E-state index in [1.54, 1.807) is 18.7 Å². The van der Waals surface area contributed by atoms with Crippen LogP contribution in [0, 0.1) is 0 Å². The molecule has 3 nitrogen and oxygen atoms in total. The summed E-state index contributed by atoms with van der Waals surface area (Å²) in [5.74, 6) is 1.10. The van der Waals surface area contributed by atoms with Gasteiger partial charge in [-0.25, -0.2) is 8.42 Å². The van der Waals surface area contributed by atoms with Crippen molar-refractivity contribution >= 4 is 21.6 Å². The Labute approximate surface area is 114 Å². The van der Waals surface area contributed by atoms with Crippen LogP contribution in [0.3, 0.4) is 0 Å². The van der Waals surface area contributed by atoms with Crippen molar-refractivity contribution in [1.82, 2.24) is 5.32 Å². The van der Waals surface area contributed by atoms with Gasteiger partial charge in [-0.05, 0) is 31.7 Å². The predicted octanol–water partition coefficient (Wildman–Crippen LogP) is 2.49. The zero-order valence-corrected chi connectivity index (χ0v) is 12.8. The number of sulfone groups is 1. The first-order valence-electron chi connectivity index (χ1n) is 6.09. The van der Waals surface area contributed by atoms with Crippen LogP contribution in [0.4, 0.5) is 0 Å². The van der Waals surface area contributed by atoms with Gasteiger partial charge in [-0.3, -0.25) is 0 Å². The van der Waals surface area contributed by atoms with Gasteiger partial charge in [0, 0.05) is 22.4 Å². The summed E-state index contributed by atoms with van der Waals surface area (Å²) in [5, 5.41) is 3.19. The van der Waals surface area contributed by atoms with Gasteiger partial charge in [0.1, 0.15) is 0 Å². The molecular formula is C13H21NO2S2. The summed E-state index contributed by atoms with van der Waals surface area (Å²) < 4.78 is 22.7. The van der Waals surface area contributed by atoms with E-state index < -0.39 is 9.84 Å². The molecule has 1 aromatic carbocycles. The molecule has 1 unspecified atom stereocenters. The molecule has 0 heterocycles. The van der Waals surface area contributed by atoms with E-state index in [1.807, 2.05) is 19.2 Å². The summed E-state index contributed by atoms with van der Waals surface area (Å²) >= 11 is 1.59. The van der Waals surface area contributed by atoms with Crippen molar-refractivity contribution in [2.45, 2.75) is 24.8 Å². The molecule has 102 valence electrons. The van der Waals surface area contributed by atoms with Gasteiger partial charge in [0.05, 0.1) is 5.75 Å². The number of nitrogens with one attached hydrogen (secondary N) is 1. The van der Waals surface area contributed by atoms with Crippen LogP contribution >= 0.6 is 11.8 Å². The van der Waals surface area contributed by atoms with Crippen LogP contribution in [0.25, 0.3) is 0 Å². The smallest absolute Gasteiger partial charge is 0.150 e. The van der Waals surface area contributed by atoms with Gasteiger partial charge in [-0.1, -0.05) is 19.1 Å². The van der Waals surface area contributed by atoms with Gasteiger partial charge >= 0.3 is 0 Å². The zero-order valence-electron chi connectivity index (χ0n) is 11.1. The van der Waals surface area contributed by atoms with Crippen molar-refractivity contribution < 1.29 is 8.42 Å². The van der Waals surface area contributed by atoms with E-state index in [9.17, 15) is 8.42 Å². The molecule has 1 N–H and O–H groups in total. The highest BCUT2D eigenvalue weighted by Gasteiger charge is 2.07. The van der Waals surface area contributed by atoms with Crippen LogP contribution in [0.1, 0.15) is 25.5 Å². The van der Waals surface area contributed by atoms with Gasteiger partial charge < -0.3 is 5.32 Å². The fraction of sp³-hybridized carbons (Fsp3) is 0.538. The maximum atomic E-state index is 11.4. The SMILES string of the molecule is CCS(=O)(=O)CCSc1ccc(C(C)NC)cc1. The van der Waals surface area contributed by atoms with Crippen molar-refractivity contribution in [3.63, 3.8) is 0 Å². The average Bonchev–Trinajstić information content (AvgIpc) is 2.38. The monoisotopic (exact) mass is 287 g/mol. The molecule has 1 atom stereocenters. The van der Waals surface area contributed by atoms with Gasteiger partial charge in [-0.2, -0.15) is 0 Å². The molecule has 0 amide bonds.